The summed E-state index contributed by atoms with van der Waals surface area (Å²) in [6.07, 6.45) is 3.97. The Labute approximate surface area is 165 Å². The minimum atomic E-state index is -0.279. The standard InChI is InChI=1S/C22H27N3O3/c1-21(2)14-10-11-22(21,3)17(13-14)23-24-18(26)9-6-12-25-19(27)15-7-4-5-8-16(15)20(25)28/h4-5,7-8,14H,6,9-13H2,1-3H3,(H,24,26)/b23-17+/t14-,22+/m0/s1. The van der Waals surface area contributed by atoms with Gasteiger partial charge in [-0.2, -0.15) is 5.10 Å². The second-order valence-electron chi connectivity index (χ2n) is 9.00. The fourth-order valence-corrected chi connectivity index (χ4v) is 5.12. The van der Waals surface area contributed by atoms with Crippen molar-refractivity contribution in [2.75, 3.05) is 6.54 Å². The molecule has 2 bridgehead atoms. The second kappa shape index (κ2) is 6.54. The Kier molecular flexibility index (Phi) is 4.40. The summed E-state index contributed by atoms with van der Waals surface area (Å²) in [5.41, 5.74) is 4.96. The van der Waals surface area contributed by atoms with Crippen molar-refractivity contribution >= 4 is 23.4 Å². The van der Waals surface area contributed by atoms with Crippen LogP contribution in [0.15, 0.2) is 29.4 Å². The molecule has 4 rings (SSSR count). The number of fused-ring (bicyclic) bond motifs is 3. The lowest BCUT2D eigenvalue weighted by atomic mass is 9.70. The number of carbonyl (C=O) groups is 3. The van der Waals surface area contributed by atoms with Crippen molar-refractivity contribution < 1.29 is 14.4 Å². The highest BCUT2D eigenvalue weighted by molar-refractivity contribution is 6.21. The van der Waals surface area contributed by atoms with Gasteiger partial charge in [0.25, 0.3) is 11.8 Å². The van der Waals surface area contributed by atoms with Gasteiger partial charge < -0.3 is 0 Å². The van der Waals surface area contributed by atoms with Crippen LogP contribution in [0.3, 0.4) is 0 Å². The summed E-state index contributed by atoms with van der Waals surface area (Å²) in [4.78, 5) is 38.1. The predicted molar refractivity (Wildman–Crippen MR) is 106 cm³/mol. The molecule has 0 spiro atoms. The van der Waals surface area contributed by atoms with Crippen LogP contribution in [0.2, 0.25) is 0 Å². The van der Waals surface area contributed by atoms with Crippen LogP contribution in [0.4, 0.5) is 0 Å². The Bertz CT molecular complexity index is 854. The zero-order valence-corrected chi connectivity index (χ0v) is 16.7. The molecule has 0 aromatic heterocycles. The van der Waals surface area contributed by atoms with Gasteiger partial charge in [-0.25, -0.2) is 5.43 Å². The lowest BCUT2D eigenvalue weighted by Crippen LogP contribution is -2.34. The number of amides is 3. The number of hydrogen-bond donors (Lipinski definition) is 1. The molecule has 6 heteroatoms. The number of benzene rings is 1. The maximum atomic E-state index is 12.3. The Balaban J connectivity index is 1.30. The predicted octanol–water partition coefficient (Wildman–Crippen LogP) is 3.38. The number of hydrogen-bond acceptors (Lipinski definition) is 4. The van der Waals surface area contributed by atoms with E-state index in [1.165, 1.54) is 11.3 Å². The molecule has 1 N–H and O–H groups in total. The van der Waals surface area contributed by atoms with Gasteiger partial charge in [-0.3, -0.25) is 19.3 Å². The topological polar surface area (TPSA) is 78.8 Å². The van der Waals surface area contributed by atoms with Crippen molar-refractivity contribution in [1.29, 1.82) is 0 Å². The molecule has 6 nitrogen and oxygen atoms in total. The molecule has 2 atom stereocenters. The molecule has 3 aliphatic rings. The Morgan fingerprint density at radius 2 is 1.82 bits per heavy atom. The third-order valence-electron chi connectivity index (χ3n) is 7.49. The fraction of sp³-hybridized carbons (Fsp3) is 0.545. The molecule has 1 aliphatic heterocycles. The van der Waals surface area contributed by atoms with E-state index in [0.717, 1.165) is 18.6 Å². The highest BCUT2D eigenvalue weighted by Crippen LogP contribution is 2.63. The minimum Gasteiger partial charge on any atom is -0.274 e. The van der Waals surface area contributed by atoms with Crippen LogP contribution < -0.4 is 5.43 Å². The molecule has 0 radical (unpaired) electrons. The molecule has 0 unspecified atom stereocenters. The molecular formula is C22H27N3O3. The molecule has 28 heavy (non-hydrogen) atoms. The van der Waals surface area contributed by atoms with E-state index in [-0.39, 0.29) is 41.5 Å². The van der Waals surface area contributed by atoms with E-state index in [0.29, 0.717) is 23.5 Å². The van der Waals surface area contributed by atoms with Crippen molar-refractivity contribution in [3.05, 3.63) is 35.4 Å². The maximum Gasteiger partial charge on any atom is 0.261 e. The van der Waals surface area contributed by atoms with Crippen LogP contribution in [0, 0.1) is 16.7 Å². The molecule has 148 valence electrons. The summed E-state index contributed by atoms with van der Waals surface area (Å²) >= 11 is 0. The summed E-state index contributed by atoms with van der Waals surface area (Å²) in [7, 11) is 0. The highest BCUT2D eigenvalue weighted by Gasteiger charge is 2.60. The van der Waals surface area contributed by atoms with Crippen LogP contribution in [-0.2, 0) is 4.79 Å². The van der Waals surface area contributed by atoms with E-state index in [1.54, 1.807) is 24.3 Å². The van der Waals surface area contributed by atoms with Gasteiger partial charge in [0.1, 0.15) is 0 Å². The first-order valence-electron chi connectivity index (χ1n) is 10.1. The average Bonchev–Trinajstić information content (AvgIpc) is 3.13. The molecular weight excluding hydrogens is 354 g/mol. The van der Waals surface area contributed by atoms with Crippen LogP contribution in [0.1, 0.15) is 73.6 Å². The first kappa shape index (κ1) is 18.8. The smallest absolute Gasteiger partial charge is 0.261 e. The number of nitrogens with zero attached hydrogens (tertiary/aromatic N) is 2. The maximum absolute atomic E-state index is 12.3. The van der Waals surface area contributed by atoms with E-state index >= 15 is 0 Å². The van der Waals surface area contributed by atoms with Crippen molar-refractivity contribution in [3.8, 4) is 0 Å². The summed E-state index contributed by atoms with van der Waals surface area (Å²) < 4.78 is 0. The Morgan fingerprint density at radius 1 is 1.18 bits per heavy atom. The number of carbonyl (C=O) groups excluding carboxylic acids is 3. The van der Waals surface area contributed by atoms with E-state index in [4.69, 9.17) is 0 Å². The van der Waals surface area contributed by atoms with E-state index in [9.17, 15) is 14.4 Å². The van der Waals surface area contributed by atoms with Crippen molar-refractivity contribution in [3.63, 3.8) is 0 Å². The number of imide groups is 1. The highest BCUT2D eigenvalue weighted by atomic mass is 16.2. The zero-order chi connectivity index (χ0) is 20.1. The van der Waals surface area contributed by atoms with E-state index in [2.05, 4.69) is 31.3 Å². The van der Waals surface area contributed by atoms with Gasteiger partial charge in [-0.05, 0) is 49.1 Å². The normalized spacial score (nSPS) is 28.9. The Hall–Kier alpha value is -2.50. The lowest BCUT2D eigenvalue weighted by molar-refractivity contribution is -0.121. The van der Waals surface area contributed by atoms with Gasteiger partial charge in [0.2, 0.25) is 5.91 Å². The number of nitrogens with one attached hydrogen (secondary N) is 1. The first-order valence-corrected chi connectivity index (χ1v) is 10.1. The van der Waals surface area contributed by atoms with Crippen molar-refractivity contribution in [2.45, 2.75) is 52.9 Å². The largest absolute Gasteiger partial charge is 0.274 e. The molecule has 1 aromatic rings. The van der Waals surface area contributed by atoms with Crippen LogP contribution >= 0.6 is 0 Å². The molecule has 2 saturated carbocycles. The molecule has 1 heterocycles. The molecule has 0 saturated heterocycles. The monoisotopic (exact) mass is 381 g/mol. The average molecular weight is 381 g/mol. The second-order valence-corrected chi connectivity index (χ2v) is 9.00. The van der Waals surface area contributed by atoms with Crippen LogP contribution in [0.25, 0.3) is 0 Å². The van der Waals surface area contributed by atoms with Crippen LogP contribution in [-0.4, -0.2) is 34.9 Å². The minimum absolute atomic E-state index is 0.0606. The first-order chi connectivity index (χ1) is 13.3. The van der Waals surface area contributed by atoms with Gasteiger partial charge in [0, 0.05) is 24.1 Å². The zero-order valence-electron chi connectivity index (χ0n) is 16.7. The molecule has 1 aromatic carbocycles. The Morgan fingerprint density at radius 3 is 2.36 bits per heavy atom. The van der Waals surface area contributed by atoms with Crippen molar-refractivity contribution in [1.82, 2.24) is 10.3 Å². The van der Waals surface area contributed by atoms with Gasteiger partial charge in [-0.15, -0.1) is 0 Å². The third kappa shape index (κ3) is 2.69. The summed E-state index contributed by atoms with van der Waals surface area (Å²) in [5.74, 6) is -0.0907. The molecule has 3 amide bonds. The summed E-state index contributed by atoms with van der Waals surface area (Å²) in [6, 6.07) is 6.82. The quantitative estimate of drug-likeness (QED) is 0.627. The molecule has 2 fully saturated rings. The molecule has 2 aliphatic carbocycles. The fourth-order valence-electron chi connectivity index (χ4n) is 5.12. The number of hydrazone groups is 1. The van der Waals surface area contributed by atoms with Gasteiger partial charge >= 0.3 is 0 Å². The number of rotatable bonds is 5. The lowest BCUT2D eigenvalue weighted by Gasteiger charge is -2.34. The van der Waals surface area contributed by atoms with Gasteiger partial charge in [0.05, 0.1) is 11.1 Å². The van der Waals surface area contributed by atoms with E-state index in [1.807, 2.05) is 0 Å². The van der Waals surface area contributed by atoms with Crippen molar-refractivity contribution in [2.24, 2.45) is 21.8 Å². The summed E-state index contributed by atoms with van der Waals surface area (Å²) in [6.45, 7) is 7.10. The SMILES string of the molecule is CC1(C)[C@H]2CC[C@]1(C)/C(=N/NC(=O)CCCN1C(=O)c3ccccc3C1=O)C2. The summed E-state index contributed by atoms with van der Waals surface area (Å²) in [5, 5.41) is 4.46. The van der Waals surface area contributed by atoms with Gasteiger partial charge in [-0.1, -0.05) is 32.9 Å². The van der Waals surface area contributed by atoms with Crippen LogP contribution in [0.5, 0.6) is 0 Å². The van der Waals surface area contributed by atoms with E-state index < -0.39 is 0 Å². The van der Waals surface area contributed by atoms with Gasteiger partial charge in [0.15, 0.2) is 0 Å². The third-order valence-corrected chi connectivity index (χ3v) is 7.49.